The molecule has 1 aliphatic carbocycles. The third-order valence-electron chi connectivity index (χ3n) is 6.23. The number of fused-ring (bicyclic) bond motifs is 1. The van der Waals surface area contributed by atoms with Crippen LogP contribution in [0.25, 0.3) is 0 Å². The first-order valence-electron chi connectivity index (χ1n) is 10.5. The molecule has 1 amide bonds. The highest BCUT2D eigenvalue weighted by atomic mass is 16.5. The van der Waals surface area contributed by atoms with E-state index >= 15 is 0 Å². The van der Waals surface area contributed by atoms with E-state index in [9.17, 15) is 4.79 Å². The monoisotopic (exact) mass is 378 g/mol. The molecule has 148 valence electrons. The molecule has 4 rings (SSSR count). The molecule has 2 aromatic rings. The lowest BCUT2D eigenvalue weighted by Gasteiger charge is -2.31. The Morgan fingerprint density at radius 3 is 2.68 bits per heavy atom. The Morgan fingerprint density at radius 1 is 1.11 bits per heavy atom. The third kappa shape index (κ3) is 3.93. The normalized spacial score (nSPS) is 20.4. The zero-order valence-electron chi connectivity index (χ0n) is 16.7. The Labute approximate surface area is 167 Å². The van der Waals surface area contributed by atoms with Gasteiger partial charge in [-0.3, -0.25) is 9.69 Å². The molecular formula is C24H30N2O2. The molecule has 1 fully saturated rings. The molecule has 2 aliphatic rings. The summed E-state index contributed by atoms with van der Waals surface area (Å²) < 4.78 is 5.62. The summed E-state index contributed by atoms with van der Waals surface area (Å²) >= 11 is 0. The number of amides is 1. The minimum Gasteiger partial charge on any atom is -0.496 e. The van der Waals surface area contributed by atoms with Crippen LogP contribution in [0.5, 0.6) is 5.75 Å². The number of aryl methyl sites for hydroxylation is 1. The molecule has 0 radical (unpaired) electrons. The van der Waals surface area contributed by atoms with Gasteiger partial charge in [0.2, 0.25) is 5.91 Å². The third-order valence-corrected chi connectivity index (χ3v) is 6.23. The van der Waals surface area contributed by atoms with Crippen LogP contribution < -0.4 is 10.1 Å². The number of benzene rings is 2. The molecule has 0 saturated carbocycles. The second-order valence-electron chi connectivity index (χ2n) is 7.89. The Kier molecular flexibility index (Phi) is 5.96. The van der Waals surface area contributed by atoms with Crippen LogP contribution in [0.15, 0.2) is 48.5 Å². The van der Waals surface area contributed by atoms with Crippen LogP contribution in [0.4, 0.5) is 0 Å². The van der Waals surface area contributed by atoms with E-state index in [-0.39, 0.29) is 17.9 Å². The van der Waals surface area contributed by atoms with E-state index in [2.05, 4.69) is 40.5 Å². The fraction of sp³-hybridized carbons (Fsp3) is 0.458. The maximum Gasteiger partial charge on any atom is 0.227 e. The van der Waals surface area contributed by atoms with Crippen molar-refractivity contribution in [3.63, 3.8) is 0 Å². The van der Waals surface area contributed by atoms with E-state index < -0.39 is 0 Å². The Morgan fingerprint density at radius 2 is 1.86 bits per heavy atom. The largest absolute Gasteiger partial charge is 0.496 e. The molecule has 1 saturated heterocycles. The molecule has 0 unspecified atom stereocenters. The van der Waals surface area contributed by atoms with E-state index in [4.69, 9.17) is 4.74 Å². The van der Waals surface area contributed by atoms with Gasteiger partial charge in [-0.2, -0.15) is 0 Å². The number of hydrogen-bond donors (Lipinski definition) is 1. The van der Waals surface area contributed by atoms with Crippen molar-refractivity contribution in [2.45, 2.75) is 44.1 Å². The van der Waals surface area contributed by atoms with Gasteiger partial charge in [-0.15, -0.1) is 0 Å². The highest BCUT2D eigenvalue weighted by Crippen LogP contribution is 2.33. The molecule has 4 heteroatoms. The van der Waals surface area contributed by atoms with Crippen molar-refractivity contribution in [2.24, 2.45) is 0 Å². The molecule has 4 nitrogen and oxygen atoms in total. The van der Waals surface area contributed by atoms with Gasteiger partial charge in [-0.1, -0.05) is 42.5 Å². The fourth-order valence-corrected chi connectivity index (χ4v) is 4.78. The Bertz CT molecular complexity index is 814. The second kappa shape index (κ2) is 8.78. The molecule has 0 aromatic heterocycles. The molecule has 1 aliphatic heterocycles. The van der Waals surface area contributed by atoms with Crippen molar-refractivity contribution < 1.29 is 9.53 Å². The van der Waals surface area contributed by atoms with Gasteiger partial charge in [0.05, 0.1) is 19.1 Å². The van der Waals surface area contributed by atoms with Crippen LogP contribution >= 0.6 is 0 Å². The van der Waals surface area contributed by atoms with Gasteiger partial charge in [0, 0.05) is 12.1 Å². The molecule has 1 heterocycles. The van der Waals surface area contributed by atoms with E-state index in [1.54, 1.807) is 7.11 Å². The van der Waals surface area contributed by atoms with E-state index in [0.717, 1.165) is 43.7 Å². The second-order valence-corrected chi connectivity index (χ2v) is 7.89. The lowest BCUT2D eigenvalue weighted by molar-refractivity contribution is -0.123. The van der Waals surface area contributed by atoms with Gasteiger partial charge >= 0.3 is 0 Å². The highest BCUT2D eigenvalue weighted by Gasteiger charge is 2.29. The maximum atomic E-state index is 13.1. The van der Waals surface area contributed by atoms with Gasteiger partial charge in [0.1, 0.15) is 5.75 Å². The first kappa shape index (κ1) is 19.0. The van der Waals surface area contributed by atoms with Gasteiger partial charge in [0.25, 0.3) is 0 Å². The van der Waals surface area contributed by atoms with Crippen LogP contribution in [-0.2, 0) is 11.2 Å². The summed E-state index contributed by atoms with van der Waals surface area (Å²) in [5.74, 6) is 1.03. The predicted octanol–water partition coefficient (Wildman–Crippen LogP) is 4.07. The summed E-state index contributed by atoms with van der Waals surface area (Å²) in [6.07, 6.45) is 5.53. The van der Waals surface area contributed by atoms with Gasteiger partial charge in [-0.25, -0.2) is 0 Å². The Balaban J connectivity index is 1.51. The number of methoxy groups -OCH3 is 1. The van der Waals surface area contributed by atoms with Crippen molar-refractivity contribution in [3.8, 4) is 5.75 Å². The summed E-state index contributed by atoms with van der Waals surface area (Å²) in [6.45, 7) is 2.77. The molecule has 0 bridgehead atoms. The zero-order chi connectivity index (χ0) is 19.3. The standard InChI is InChI=1S/C24H30N2O2/c1-28-23-14-5-4-12-21(23)22(26-15-6-7-16-26)17-25-24(27)20-13-8-10-18-9-2-3-11-19(18)20/h2-5,9,11-12,14,20,22H,6-8,10,13,15-17H2,1H3,(H,25,27)/t20-,22+/m1/s1. The lowest BCUT2D eigenvalue weighted by Crippen LogP contribution is -2.39. The number of ether oxygens (including phenoxy) is 1. The average molecular weight is 379 g/mol. The van der Waals surface area contributed by atoms with Crippen LogP contribution in [0, 0.1) is 0 Å². The predicted molar refractivity (Wildman–Crippen MR) is 112 cm³/mol. The molecule has 28 heavy (non-hydrogen) atoms. The maximum absolute atomic E-state index is 13.1. The molecule has 1 N–H and O–H groups in total. The van der Waals surface area contributed by atoms with Crippen molar-refractivity contribution in [2.75, 3.05) is 26.7 Å². The zero-order valence-corrected chi connectivity index (χ0v) is 16.7. The van der Waals surface area contributed by atoms with Gasteiger partial charge in [0.15, 0.2) is 0 Å². The first-order chi connectivity index (χ1) is 13.8. The number of nitrogens with one attached hydrogen (secondary N) is 1. The highest BCUT2D eigenvalue weighted by molar-refractivity contribution is 5.84. The smallest absolute Gasteiger partial charge is 0.227 e. The number of carbonyl (C=O) groups is 1. The molecule has 2 aromatic carbocycles. The number of rotatable bonds is 6. The number of hydrogen-bond acceptors (Lipinski definition) is 3. The van der Waals surface area contributed by atoms with Crippen LogP contribution in [0.3, 0.4) is 0 Å². The number of nitrogens with zero attached hydrogens (tertiary/aromatic N) is 1. The van der Waals surface area contributed by atoms with Crippen molar-refractivity contribution in [1.82, 2.24) is 10.2 Å². The molecule has 0 spiro atoms. The number of likely N-dealkylation sites (tertiary alicyclic amines) is 1. The van der Waals surface area contributed by atoms with Gasteiger partial charge in [-0.05, 0) is 62.4 Å². The Hall–Kier alpha value is -2.33. The van der Waals surface area contributed by atoms with E-state index in [1.165, 1.54) is 24.0 Å². The van der Waals surface area contributed by atoms with Crippen molar-refractivity contribution in [1.29, 1.82) is 0 Å². The minimum absolute atomic E-state index is 0.0261. The SMILES string of the molecule is COc1ccccc1[C@H](CNC(=O)[C@@H]1CCCc2ccccc21)N1CCCC1. The summed E-state index contributed by atoms with van der Waals surface area (Å²) in [6, 6.07) is 16.8. The minimum atomic E-state index is -0.0261. The molecular weight excluding hydrogens is 348 g/mol. The van der Waals surface area contributed by atoms with E-state index in [0.29, 0.717) is 6.54 Å². The van der Waals surface area contributed by atoms with E-state index in [1.807, 2.05) is 18.2 Å². The summed E-state index contributed by atoms with van der Waals surface area (Å²) in [4.78, 5) is 15.6. The fourth-order valence-electron chi connectivity index (χ4n) is 4.78. The van der Waals surface area contributed by atoms with Crippen LogP contribution in [0.1, 0.15) is 54.3 Å². The topological polar surface area (TPSA) is 41.6 Å². The molecule has 2 atom stereocenters. The van der Waals surface area contributed by atoms with Gasteiger partial charge < -0.3 is 10.1 Å². The van der Waals surface area contributed by atoms with Crippen LogP contribution in [0.2, 0.25) is 0 Å². The summed E-state index contributed by atoms with van der Waals surface area (Å²) in [5.41, 5.74) is 3.70. The number of para-hydroxylation sites is 1. The number of carbonyl (C=O) groups excluding carboxylic acids is 1. The lowest BCUT2D eigenvalue weighted by atomic mass is 9.82. The quantitative estimate of drug-likeness (QED) is 0.824. The summed E-state index contributed by atoms with van der Waals surface area (Å²) in [7, 11) is 1.72. The van der Waals surface area contributed by atoms with Crippen molar-refractivity contribution >= 4 is 5.91 Å². The first-order valence-corrected chi connectivity index (χ1v) is 10.5. The summed E-state index contributed by atoms with van der Waals surface area (Å²) in [5, 5.41) is 3.28. The van der Waals surface area contributed by atoms with Crippen LogP contribution in [-0.4, -0.2) is 37.6 Å². The average Bonchev–Trinajstić information content (AvgIpc) is 3.28. The van der Waals surface area contributed by atoms with Crippen molar-refractivity contribution in [3.05, 3.63) is 65.2 Å².